The second-order valence-corrected chi connectivity index (χ2v) is 5.19. The third kappa shape index (κ3) is 3.91. The molecule has 0 aliphatic rings. The topological polar surface area (TPSA) is 12.0 Å². The van der Waals surface area contributed by atoms with Gasteiger partial charge in [-0.2, -0.15) is 0 Å². The summed E-state index contributed by atoms with van der Waals surface area (Å²) in [6, 6.07) is 15.3. The summed E-state index contributed by atoms with van der Waals surface area (Å²) in [5, 5.41) is 3.43. The Morgan fingerprint density at radius 1 is 1.05 bits per heavy atom. The molecule has 2 rings (SSSR count). The van der Waals surface area contributed by atoms with Crippen LogP contribution in [0.5, 0.6) is 0 Å². The highest BCUT2D eigenvalue weighted by molar-refractivity contribution is 5.31. The van der Waals surface area contributed by atoms with Crippen LogP contribution in [0.15, 0.2) is 48.5 Å². The van der Waals surface area contributed by atoms with Crippen molar-refractivity contribution in [1.29, 1.82) is 0 Å². The molecule has 0 fully saturated rings. The van der Waals surface area contributed by atoms with Gasteiger partial charge in [-0.25, -0.2) is 4.39 Å². The molecule has 0 radical (unpaired) electrons. The third-order valence-electron chi connectivity index (χ3n) is 3.66. The lowest BCUT2D eigenvalue weighted by Crippen LogP contribution is -2.23. The molecular weight excluding hydrogens is 249 g/mol. The number of halogens is 1. The van der Waals surface area contributed by atoms with Gasteiger partial charge in [0.05, 0.1) is 0 Å². The Kier molecular flexibility index (Phi) is 5.31. The number of nitrogens with one attached hydrogen (secondary N) is 1. The van der Waals surface area contributed by atoms with Gasteiger partial charge in [-0.15, -0.1) is 0 Å². The number of benzene rings is 2. The number of hydrogen-bond acceptors (Lipinski definition) is 1. The zero-order valence-corrected chi connectivity index (χ0v) is 12.2. The number of rotatable bonds is 6. The number of aryl methyl sites for hydroxylation is 1. The van der Waals surface area contributed by atoms with Crippen molar-refractivity contribution < 1.29 is 4.39 Å². The lowest BCUT2D eigenvalue weighted by molar-refractivity contribution is 0.590. The number of likely N-dealkylation sites (N-methyl/N-ethyl adjacent to an activating group) is 1. The first-order valence-corrected chi connectivity index (χ1v) is 7.21. The fourth-order valence-electron chi connectivity index (χ4n) is 2.56. The molecule has 1 N–H and O–H groups in total. The molecule has 1 nitrogen and oxygen atoms in total. The van der Waals surface area contributed by atoms with Gasteiger partial charge in [-0.3, -0.25) is 0 Å². The van der Waals surface area contributed by atoms with E-state index in [1.807, 2.05) is 12.1 Å². The van der Waals surface area contributed by atoms with Crippen LogP contribution in [0.1, 0.15) is 29.5 Å². The molecule has 0 aliphatic heterocycles. The molecule has 0 amide bonds. The predicted molar refractivity (Wildman–Crippen MR) is 82.6 cm³/mol. The van der Waals surface area contributed by atoms with Gasteiger partial charge >= 0.3 is 0 Å². The summed E-state index contributed by atoms with van der Waals surface area (Å²) in [7, 11) is 0. The van der Waals surface area contributed by atoms with Crippen molar-refractivity contribution in [3.8, 4) is 0 Å². The normalized spacial score (nSPS) is 12.3. The molecule has 1 unspecified atom stereocenters. The standard InChI is InChI=1S/C18H22FN/c1-3-20-13-16(18-7-5-4-6-14(18)2)12-15-8-10-17(19)11-9-15/h4-11,16,20H,3,12-13H2,1-2H3. The highest BCUT2D eigenvalue weighted by Gasteiger charge is 2.14. The molecule has 106 valence electrons. The van der Waals surface area contributed by atoms with Crippen LogP contribution in [0.3, 0.4) is 0 Å². The van der Waals surface area contributed by atoms with Crippen molar-refractivity contribution >= 4 is 0 Å². The summed E-state index contributed by atoms with van der Waals surface area (Å²) in [6.45, 7) is 6.18. The quantitative estimate of drug-likeness (QED) is 0.835. The molecule has 0 bridgehead atoms. The Balaban J connectivity index is 2.19. The average Bonchev–Trinajstić information content (AvgIpc) is 2.46. The van der Waals surface area contributed by atoms with Crippen LogP contribution in [-0.2, 0) is 6.42 Å². The fourth-order valence-corrected chi connectivity index (χ4v) is 2.56. The summed E-state index contributed by atoms with van der Waals surface area (Å²) in [4.78, 5) is 0. The molecule has 1 atom stereocenters. The molecule has 0 spiro atoms. The van der Waals surface area contributed by atoms with Crippen LogP contribution >= 0.6 is 0 Å². The molecule has 0 heterocycles. The van der Waals surface area contributed by atoms with E-state index in [9.17, 15) is 4.39 Å². The van der Waals surface area contributed by atoms with E-state index >= 15 is 0 Å². The molecule has 0 saturated carbocycles. The molecular formula is C18H22FN. The highest BCUT2D eigenvalue weighted by Crippen LogP contribution is 2.23. The van der Waals surface area contributed by atoms with Crippen molar-refractivity contribution in [2.24, 2.45) is 0 Å². The second kappa shape index (κ2) is 7.20. The summed E-state index contributed by atoms with van der Waals surface area (Å²) in [5.74, 6) is 0.245. The summed E-state index contributed by atoms with van der Waals surface area (Å²) < 4.78 is 13.0. The van der Waals surface area contributed by atoms with E-state index in [1.54, 1.807) is 0 Å². The van der Waals surface area contributed by atoms with Crippen molar-refractivity contribution in [2.75, 3.05) is 13.1 Å². The first-order chi connectivity index (χ1) is 9.70. The van der Waals surface area contributed by atoms with Gasteiger partial charge in [0.15, 0.2) is 0 Å². The Hall–Kier alpha value is -1.67. The number of hydrogen-bond donors (Lipinski definition) is 1. The van der Waals surface area contributed by atoms with Crippen LogP contribution in [0, 0.1) is 12.7 Å². The van der Waals surface area contributed by atoms with Gasteiger partial charge in [0.2, 0.25) is 0 Å². The van der Waals surface area contributed by atoms with Crippen molar-refractivity contribution in [2.45, 2.75) is 26.2 Å². The van der Waals surface area contributed by atoms with Gasteiger partial charge in [0, 0.05) is 12.5 Å². The molecule has 0 aliphatic carbocycles. The van der Waals surface area contributed by atoms with Crippen LogP contribution in [0.25, 0.3) is 0 Å². The minimum Gasteiger partial charge on any atom is -0.316 e. The fraction of sp³-hybridized carbons (Fsp3) is 0.333. The minimum atomic E-state index is -0.173. The first kappa shape index (κ1) is 14.7. The van der Waals surface area contributed by atoms with Crippen molar-refractivity contribution in [3.05, 3.63) is 71.0 Å². The van der Waals surface area contributed by atoms with E-state index in [4.69, 9.17) is 0 Å². The van der Waals surface area contributed by atoms with E-state index in [0.29, 0.717) is 5.92 Å². The molecule has 20 heavy (non-hydrogen) atoms. The van der Waals surface area contributed by atoms with E-state index in [-0.39, 0.29) is 5.82 Å². The Morgan fingerprint density at radius 2 is 1.75 bits per heavy atom. The van der Waals surface area contributed by atoms with Gasteiger partial charge in [0.1, 0.15) is 5.82 Å². The lowest BCUT2D eigenvalue weighted by atomic mass is 9.89. The average molecular weight is 271 g/mol. The lowest BCUT2D eigenvalue weighted by Gasteiger charge is -2.20. The van der Waals surface area contributed by atoms with Gasteiger partial charge < -0.3 is 5.32 Å². The van der Waals surface area contributed by atoms with Crippen LogP contribution in [0.2, 0.25) is 0 Å². The second-order valence-electron chi connectivity index (χ2n) is 5.19. The molecule has 2 heteroatoms. The Labute approximate surface area is 120 Å². The van der Waals surface area contributed by atoms with Crippen LogP contribution in [-0.4, -0.2) is 13.1 Å². The smallest absolute Gasteiger partial charge is 0.123 e. The zero-order chi connectivity index (χ0) is 14.4. The Morgan fingerprint density at radius 3 is 2.40 bits per heavy atom. The van der Waals surface area contributed by atoms with Gasteiger partial charge in [-0.1, -0.05) is 43.3 Å². The highest BCUT2D eigenvalue weighted by atomic mass is 19.1. The monoisotopic (exact) mass is 271 g/mol. The minimum absolute atomic E-state index is 0.173. The maximum atomic E-state index is 13.0. The maximum Gasteiger partial charge on any atom is 0.123 e. The van der Waals surface area contributed by atoms with E-state index in [1.165, 1.54) is 28.8 Å². The molecule has 0 saturated heterocycles. The molecule has 2 aromatic rings. The van der Waals surface area contributed by atoms with Crippen molar-refractivity contribution in [3.63, 3.8) is 0 Å². The molecule has 0 aromatic heterocycles. The van der Waals surface area contributed by atoms with Crippen LogP contribution in [0.4, 0.5) is 4.39 Å². The SMILES string of the molecule is CCNCC(Cc1ccc(F)cc1)c1ccccc1C. The van der Waals surface area contributed by atoms with E-state index in [0.717, 1.165) is 19.5 Å². The molecule has 2 aromatic carbocycles. The van der Waals surface area contributed by atoms with Gasteiger partial charge in [0.25, 0.3) is 0 Å². The third-order valence-corrected chi connectivity index (χ3v) is 3.66. The predicted octanol–water partition coefficient (Wildman–Crippen LogP) is 4.07. The summed E-state index contributed by atoms with van der Waals surface area (Å²) in [5.41, 5.74) is 3.87. The van der Waals surface area contributed by atoms with Crippen LogP contribution < -0.4 is 5.32 Å². The first-order valence-electron chi connectivity index (χ1n) is 7.21. The van der Waals surface area contributed by atoms with Gasteiger partial charge in [-0.05, 0) is 48.7 Å². The summed E-state index contributed by atoms with van der Waals surface area (Å²) >= 11 is 0. The largest absolute Gasteiger partial charge is 0.316 e. The Bertz CT molecular complexity index is 533. The van der Waals surface area contributed by atoms with Crippen molar-refractivity contribution in [1.82, 2.24) is 5.32 Å². The maximum absolute atomic E-state index is 13.0. The van der Waals surface area contributed by atoms with E-state index < -0.39 is 0 Å². The van der Waals surface area contributed by atoms with E-state index in [2.05, 4.69) is 43.4 Å². The zero-order valence-electron chi connectivity index (χ0n) is 12.2. The summed E-state index contributed by atoms with van der Waals surface area (Å²) in [6.07, 6.45) is 0.929.